The fraction of sp³-hybridized carbons (Fsp3) is 0.214. The summed E-state index contributed by atoms with van der Waals surface area (Å²) in [6.07, 6.45) is 1.51. The number of carbonyl (C=O) groups is 1. The molecule has 2 N–H and O–H groups in total. The van der Waals surface area contributed by atoms with Crippen molar-refractivity contribution in [2.45, 2.75) is 13.5 Å². The lowest BCUT2D eigenvalue weighted by atomic mass is 10.2. The first-order valence-corrected chi connectivity index (χ1v) is 6.81. The number of amides is 1. The van der Waals surface area contributed by atoms with Gasteiger partial charge in [0, 0.05) is 16.6 Å². The predicted octanol–water partition coefficient (Wildman–Crippen LogP) is 1.12. The Balaban J connectivity index is 1.97. The molecule has 0 atom stereocenters. The van der Waals surface area contributed by atoms with Gasteiger partial charge in [0.05, 0.1) is 17.7 Å². The van der Waals surface area contributed by atoms with Crippen molar-refractivity contribution in [3.8, 4) is 11.8 Å². The molecule has 0 unspecified atom stereocenters. The summed E-state index contributed by atoms with van der Waals surface area (Å²) in [7, 11) is 0. The molecule has 0 aromatic carbocycles. The molecule has 0 saturated heterocycles. The van der Waals surface area contributed by atoms with Gasteiger partial charge in [-0.1, -0.05) is 11.8 Å². The molecule has 102 valence electrons. The quantitative estimate of drug-likeness (QED) is 0.830. The van der Waals surface area contributed by atoms with Gasteiger partial charge in [0.2, 0.25) is 0 Å². The molecule has 0 aliphatic carbocycles. The molecule has 0 fully saturated rings. The number of aliphatic hydroxyl groups excluding tert-OH is 1. The number of carbonyl (C=O) groups excluding carboxylic acids is 1. The Kier molecular flexibility index (Phi) is 4.82. The lowest BCUT2D eigenvalue weighted by molar-refractivity contribution is 0.0946. The van der Waals surface area contributed by atoms with E-state index in [-0.39, 0.29) is 12.5 Å². The normalized spacial score (nSPS) is 9.70. The maximum Gasteiger partial charge on any atom is 0.270 e. The van der Waals surface area contributed by atoms with Crippen LogP contribution in [0.15, 0.2) is 23.8 Å². The smallest absolute Gasteiger partial charge is 0.270 e. The zero-order valence-corrected chi connectivity index (χ0v) is 11.7. The molecule has 6 heteroatoms. The Morgan fingerprint density at radius 1 is 1.45 bits per heavy atom. The van der Waals surface area contributed by atoms with Crippen LogP contribution in [0, 0.1) is 18.8 Å². The number of aliphatic hydroxyl groups is 1. The van der Waals surface area contributed by atoms with Crippen molar-refractivity contribution in [3.05, 3.63) is 45.7 Å². The van der Waals surface area contributed by atoms with Gasteiger partial charge in [-0.3, -0.25) is 4.79 Å². The van der Waals surface area contributed by atoms with Gasteiger partial charge in [0.15, 0.2) is 0 Å². The van der Waals surface area contributed by atoms with Crippen LogP contribution in [0.4, 0.5) is 0 Å². The minimum absolute atomic E-state index is 0.198. The first-order valence-electron chi connectivity index (χ1n) is 5.93. The minimum atomic E-state index is -0.237. The SMILES string of the molecule is Cc1ncsc1CNC(=O)c1ccc(C#CCO)cn1. The summed E-state index contributed by atoms with van der Waals surface area (Å²) < 4.78 is 0. The van der Waals surface area contributed by atoms with Gasteiger partial charge in [-0.05, 0) is 19.1 Å². The highest BCUT2D eigenvalue weighted by Crippen LogP contribution is 2.11. The predicted molar refractivity (Wildman–Crippen MR) is 76.2 cm³/mol. The van der Waals surface area contributed by atoms with Crippen molar-refractivity contribution in [2.75, 3.05) is 6.61 Å². The van der Waals surface area contributed by atoms with Gasteiger partial charge in [0.1, 0.15) is 12.3 Å². The third-order valence-corrected chi connectivity index (χ3v) is 3.50. The summed E-state index contributed by atoms with van der Waals surface area (Å²) in [5.41, 5.74) is 3.68. The zero-order valence-electron chi connectivity index (χ0n) is 10.9. The van der Waals surface area contributed by atoms with Crippen LogP contribution >= 0.6 is 11.3 Å². The van der Waals surface area contributed by atoms with E-state index in [1.165, 1.54) is 17.5 Å². The highest BCUT2D eigenvalue weighted by Gasteiger charge is 2.08. The van der Waals surface area contributed by atoms with Crippen LogP contribution < -0.4 is 5.32 Å². The molecule has 0 saturated carbocycles. The van der Waals surface area contributed by atoms with Crippen LogP contribution in [0.3, 0.4) is 0 Å². The number of nitrogens with zero attached hydrogens (tertiary/aromatic N) is 2. The van der Waals surface area contributed by atoms with Crippen molar-refractivity contribution >= 4 is 17.2 Å². The van der Waals surface area contributed by atoms with E-state index in [4.69, 9.17) is 5.11 Å². The number of aryl methyl sites for hydroxylation is 1. The number of rotatable bonds is 3. The average molecular weight is 287 g/mol. The van der Waals surface area contributed by atoms with E-state index >= 15 is 0 Å². The molecule has 2 aromatic rings. The summed E-state index contributed by atoms with van der Waals surface area (Å²) in [5, 5.41) is 11.4. The number of nitrogens with one attached hydrogen (secondary N) is 1. The molecular weight excluding hydrogens is 274 g/mol. The maximum absolute atomic E-state index is 11.9. The fourth-order valence-electron chi connectivity index (χ4n) is 1.49. The van der Waals surface area contributed by atoms with E-state index < -0.39 is 0 Å². The van der Waals surface area contributed by atoms with Crippen molar-refractivity contribution in [1.29, 1.82) is 0 Å². The summed E-state index contributed by atoms with van der Waals surface area (Å²) in [6.45, 7) is 2.16. The van der Waals surface area contributed by atoms with Crippen molar-refractivity contribution in [2.24, 2.45) is 0 Å². The average Bonchev–Trinajstić information content (AvgIpc) is 2.88. The number of hydrogen-bond acceptors (Lipinski definition) is 5. The van der Waals surface area contributed by atoms with Gasteiger partial charge in [0.25, 0.3) is 5.91 Å². The van der Waals surface area contributed by atoms with Crippen LogP contribution in [0.25, 0.3) is 0 Å². The van der Waals surface area contributed by atoms with E-state index in [0.717, 1.165) is 10.6 Å². The molecule has 0 aliphatic heterocycles. The Bertz CT molecular complexity index is 653. The summed E-state index contributed by atoms with van der Waals surface area (Å²) in [4.78, 5) is 21.1. The molecule has 2 rings (SSSR count). The molecule has 20 heavy (non-hydrogen) atoms. The molecule has 0 spiro atoms. The van der Waals surface area contributed by atoms with E-state index in [0.29, 0.717) is 17.8 Å². The summed E-state index contributed by atoms with van der Waals surface area (Å²) in [6, 6.07) is 3.30. The lowest BCUT2D eigenvalue weighted by Gasteiger charge is -2.03. The second-order valence-electron chi connectivity index (χ2n) is 3.94. The molecule has 1 amide bonds. The van der Waals surface area contributed by atoms with Gasteiger partial charge in [-0.2, -0.15) is 0 Å². The second kappa shape index (κ2) is 6.80. The monoisotopic (exact) mass is 287 g/mol. The second-order valence-corrected chi connectivity index (χ2v) is 4.87. The van der Waals surface area contributed by atoms with E-state index in [9.17, 15) is 4.79 Å². The van der Waals surface area contributed by atoms with E-state index in [2.05, 4.69) is 27.1 Å². The van der Waals surface area contributed by atoms with Crippen LogP contribution in [-0.4, -0.2) is 27.6 Å². The van der Waals surface area contributed by atoms with Crippen LogP contribution in [-0.2, 0) is 6.54 Å². The Morgan fingerprint density at radius 2 is 2.30 bits per heavy atom. The fourth-order valence-corrected chi connectivity index (χ4v) is 2.21. The number of pyridine rings is 1. The first-order chi connectivity index (χ1) is 9.70. The third kappa shape index (κ3) is 3.63. The van der Waals surface area contributed by atoms with Crippen molar-refractivity contribution < 1.29 is 9.90 Å². The largest absolute Gasteiger partial charge is 0.384 e. The highest BCUT2D eigenvalue weighted by molar-refractivity contribution is 7.09. The van der Waals surface area contributed by atoms with Crippen molar-refractivity contribution in [1.82, 2.24) is 15.3 Å². The van der Waals surface area contributed by atoms with E-state index in [1.54, 1.807) is 17.6 Å². The third-order valence-electron chi connectivity index (χ3n) is 2.56. The molecule has 0 aliphatic rings. The van der Waals surface area contributed by atoms with Crippen LogP contribution in [0.5, 0.6) is 0 Å². The number of hydrogen-bond donors (Lipinski definition) is 2. The van der Waals surface area contributed by atoms with Crippen LogP contribution in [0.1, 0.15) is 26.6 Å². The standard InChI is InChI=1S/C14H13N3O2S/c1-10-13(20-9-17-10)8-16-14(19)12-5-4-11(7-15-12)3-2-6-18/h4-5,7,9,18H,6,8H2,1H3,(H,16,19). The summed E-state index contributed by atoms with van der Waals surface area (Å²) >= 11 is 1.51. The van der Waals surface area contributed by atoms with Gasteiger partial charge < -0.3 is 10.4 Å². The molecule has 2 heterocycles. The van der Waals surface area contributed by atoms with Crippen LogP contribution in [0.2, 0.25) is 0 Å². The highest BCUT2D eigenvalue weighted by atomic mass is 32.1. The molecule has 0 bridgehead atoms. The number of thiazole rings is 1. The van der Waals surface area contributed by atoms with Gasteiger partial charge in [-0.15, -0.1) is 11.3 Å². The molecule has 2 aromatic heterocycles. The topological polar surface area (TPSA) is 75.1 Å². The molecular formula is C14H13N3O2S. The summed E-state index contributed by atoms with van der Waals surface area (Å²) in [5.74, 6) is 5.01. The maximum atomic E-state index is 11.9. The minimum Gasteiger partial charge on any atom is -0.384 e. The van der Waals surface area contributed by atoms with E-state index in [1.807, 2.05) is 6.92 Å². The molecule has 5 nitrogen and oxygen atoms in total. The Morgan fingerprint density at radius 3 is 2.90 bits per heavy atom. The van der Waals surface area contributed by atoms with Crippen molar-refractivity contribution in [3.63, 3.8) is 0 Å². The van der Waals surface area contributed by atoms with Gasteiger partial charge in [-0.25, -0.2) is 9.97 Å². The molecule has 0 radical (unpaired) electrons. The Hall–Kier alpha value is -2.23. The zero-order chi connectivity index (χ0) is 14.4. The lowest BCUT2D eigenvalue weighted by Crippen LogP contribution is -2.23. The Labute approximate surface area is 120 Å². The van der Waals surface area contributed by atoms with Gasteiger partial charge >= 0.3 is 0 Å². The number of aromatic nitrogens is 2. The first kappa shape index (κ1) is 14.2.